The van der Waals surface area contributed by atoms with Crippen molar-refractivity contribution in [2.75, 3.05) is 13.1 Å². The third kappa shape index (κ3) is 4.77. The second kappa shape index (κ2) is 9.00. The number of amides is 1. The van der Waals surface area contributed by atoms with Crippen molar-refractivity contribution in [3.63, 3.8) is 0 Å². The van der Waals surface area contributed by atoms with Crippen molar-refractivity contribution in [1.82, 2.24) is 24.9 Å². The SMILES string of the molecule is CC(C)N1CCC(NC(=O)c2cn(Cc3cc(-c4ccc(Cl)s4)on3)c(C3CC3)n2)CC1. The number of nitrogens with one attached hydrogen (secondary N) is 1. The molecule has 0 unspecified atom stereocenters. The number of halogens is 1. The Morgan fingerprint density at radius 2 is 2.06 bits per heavy atom. The second-order valence-corrected chi connectivity index (χ2v) is 10.8. The second-order valence-electron chi connectivity index (χ2n) is 9.05. The standard InChI is InChI=1S/C23H28ClN5O2S/c1-14(2)28-9-7-16(8-10-28)25-23(30)18-13-29(22(26-18)15-3-4-15)12-17-11-19(31-27-17)20-5-6-21(24)32-20/h5-6,11,13-16H,3-4,7-10,12H2,1-2H3,(H,25,30). The van der Waals surface area contributed by atoms with Crippen LogP contribution in [0.2, 0.25) is 4.34 Å². The van der Waals surface area contributed by atoms with Gasteiger partial charge in [-0.25, -0.2) is 4.98 Å². The third-order valence-corrected chi connectivity index (χ3v) is 7.53. The summed E-state index contributed by atoms with van der Waals surface area (Å²) in [5.41, 5.74) is 1.30. The molecule has 0 atom stereocenters. The fourth-order valence-electron chi connectivity index (χ4n) is 4.28. The van der Waals surface area contributed by atoms with Crippen LogP contribution < -0.4 is 5.32 Å². The lowest BCUT2D eigenvalue weighted by Crippen LogP contribution is -2.46. The lowest BCUT2D eigenvalue weighted by atomic mass is 10.0. The highest BCUT2D eigenvalue weighted by atomic mass is 35.5. The molecule has 1 saturated carbocycles. The van der Waals surface area contributed by atoms with Crippen LogP contribution in [-0.4, -0.2) is 50.7 Å². The number of hydrogen-bond acceptors (Lipinski definition) is 6. The van der Waals surface area contributed by atoms with Gasteiger partial charge in [-0.1, -0.05) is 16.8 Å². The summed E-state index contributed by atoms with van der Waals surface area (Å²) < 4.78 is 8.29. The number of nitrogens with zero attached hydrogens (tertiary/aromatic N) is 4. The number of imidazole rings is 1. The number of likely N-dealkylation sites (tertiary alicyclic amines) is 1. The normalized spacial score (nSPS) is 17.9. The lowest BCUT2D eigenvalue weighted by Gasteiger charge is -2.34. The first-order valence-electron chi connectivity index (χ1n) is 11.3. The molecule has 1 saturated heterocycles. The Morgan fingerprint density at radius 3 is 2.72 bits per heavy atom. The minimum atomic E-state index is -0.0808. The van der Waals surface area contributed by atoms with Crippen molar-refractivity contribution in [3.8, 4) is 10.6 Å². The van der Waals surface area contributed by atoms with E-state index in [4.69, 9.17) is 21.1 Å². The zero-order valence-corrected chi connectivity index (χ0v) is 20.0. The molecule has 4 heterocycles. The van der Waals surface area contributed by atoms with E-state index in [0.717, 1.165) is 55.2 Å². The molecule has 2 aliphatic rings. The van der Waals surface area contributed by atoms with E-state index in [-0.39, 0.29) is 11.9 Å². The van der Waals surface area contributed by atoms with Crippen LogP contribution in [0.1, 0.15) is 67.5 Å². The minimum absolute atomic E-state index is 0.0808. The quantitative estimate of drug-likeness (QED) is 0.534. The third-order valence-electron chi connectivity index (χ3n) is 6.28. The molecular weight excluding hydrogens is 446 g/mol. The molecule has 7 nitrogen and oxygen atoms in total. The molecule has 32 heavy (non-hydrogen) atoms. The van der Waals surface area contributed by atoms with Gasteiger partial charge in [-0.05, 0) is 51.7 Å². The molecule has 3 aromatic heterocycles. The van der Waals surface area contributed by atoms with Gasteiger partial charge in [0.15, 0.2) is 5.76 Å². The van der Waals surface area contributed by atoms with E-state index >= 15 is 0 Å². The van der Waals surface area contributed by atoms with Crippen molar-refractivity contribution in [2.45, 2.75) is 64.1 Å². The van der Waals surface area contributed by atoms with Crippen LogP contribution in [0.4, 0.5) is 0 Å². The first kappa shape index (κ1) is 21.7. The monoisotopic (exact) mass is 473 g/mol. The molecule has 170 valence electrons. The zero-order chi connectivity index (χ0) is 22.2. The maximum Gasteiger partial charge on any atom is 0.271 e. The fraction of sp³-hybridized carbons (Fsp3) is 0.522. The Labute approximate surface area is 196 Å². The maximum atomic E-state index is 12.9. The molecule has 0 bridgehead atoms. The van der Waals surface area contributed by atoms with Gasteiger partial charge >= 0.3 is 0 Å². The molecule has 3 aromatic rings. The lowest BCUT2D eigenvalue weighted by molar-refractivity contribution is 0.0896. The van der Waals surface area contributed by atoms with E-state index in [0.29, 0.717) is 34.3 Å². The predicted octanol–water partition coefficient (Wildman–Crippen LogP) is 4.78. The molecule has 1 N–H and O–H groups in total. The van der Waals surface area contributed by atoms with E-state index in [1.54, 1.807) is 0 Å². The van der Waals surface area contributed by atoms with Gasteiger partial charge in [0.05, 0.1) is 15.8 Å². The molecule has 2 fully saturated rings. The van der Waals surface area contributed by atoms with Crippen LogP contribution >= 0.6 is 22.9 Å². The average Bonchev–Trinajstić information content (AvgIpc) is 3.15. The molecule has 1 aliphatic carbocycles. The van der Waals surface area contributed by atoms with Gasteiger partial charge < -0.3 is 19.3 Å². The van der Waals surface area contributed by atoms with Crippen molar-refractivity contribution in [3.05, 3.63) is 45.9 Å². The van der Waals surface area contributed by atoms with Gasteiger partial charge in [-0.15, -0.1) is 11.3 Å². The van der Waals surface area contributed by atoms with Crippen molar-refractivity contribution >= 4 is 28.8 Å². The average molecular weight is 474 g/mol. The number of aromatic nitrogens is 3. The largest absolute Gasteiger partial charge is 0.355 e. The molecule has 0 radical (unpaired) electrons. The summed E-state index contributed by atoms with van der Waals surface area (Å²) in [7, 11) is 0. The van der Waals surface area contributed by atoms with Crippen molar-refractivity contribution in [1.29, 1.82) is 0 Å². The summed E-state index contributed by atoms with van der Waals surface area (Å²) in [4.78, 5) is 21.1. The zero-order valence-electron chi connectivity index (χ0n) is 18.4. The Balaban J connectivity index is 1.27. The summed E-state index contributed by atoms with van der Waals surface area (Å²) in [5, 5.41) is 7.42. The number of hydrogen-bond donors (Lipinski definition) is 1. The first-order chi connectivity index (χ1) is 15.5. The van der Waals surface area contributed by atoms with Crippen LogP contribution in [0, 0.1) is 0 Å². The van der Waals surface area contributed by atoms with Gasteiger partial charge in [0.2, 0.25) is 0 Å². The number of carbonyl (C=O) groups excluding carboxylic acids is 1. The number of piperidine rings is 1. The molecule has 0 aromatic carbocycles. The van der Waals surface area contributed by atoms with E-state index < -0.39 is 0 Å². The van der Waals surface area contributed by atoms with Crippen molar-refractivity contribution < 1.29 is 9.32 Å². The number of thiophene rings is 1. The summed E-state index contributed by atoms with van der Waals surface area (Å²) in [6, 6.07) is 6.47. The van der Waals surface area contributed by atoms with E-state index in [2.05, 4.69) is 33.8 Å². The van der Waals surface area contributed by atoms with Crippen LogP contribution in [0.5, 0.6) is 0 Å². The Hall–Kier alpha value is -2.16. The Bertz CT molecular complexity index is 1090. The van der Waals surface area contributed by atoms with Crippen LogP contribution in [0.3, 0.4) is 0 Å². The number of carbonyl (C=O) groups is 1. The maximum absolute atomic E-state index is 12.9. The van der Waals surface area contributed by atoms with Crippen molar-refractivity contribution in [2.24, 2.45) is 0 Å². The van der Waals surface area contributed by atoms with E-state index in [9.17, 15) is 4.79 Å². The molecule has 5 rings (SSSR count). The van der Waals surface area contributed by atoms with Crippen LogP contribution in [-0.2, 0) is 6.54 Å². The van der Waals surface area contributed by atoms with Gasteiger partial charge in [0.25, 0.3) is 5.91 Å². The highest BCUT2D eigenvalue weighted by molar-refractivity contribution is 7.19. The first-order valence-corrected chi connectivity index (χ1v) is 12.5. The molecule has 0 spiro atoms. The predicted molar refractivity (Wildman–Crippen MR) is 125 cm³/mol. The highest BCUT2D eigenvalue weighted by Crippen LogP contribution is 2.40. The molecular formula is C23H28ClN5O2S. The highest BCUT2D eigenvalue weighted by Gasteiger charge is 2.31. The Kier molecular flexibility index (Phi) is 6.09. The van der Waals surface area contributed by atoms with Gasteiger partial charge in [0.1, 0.15) is 17.2 Å². The Morgan fingerprint density at radius 1 is 1.28 bits per heavy atom. The molecule has 1 aliphatic heterocycles. The molecule has 1 amide bonds. The summed E-state index contributed by atoms with van der Waals surface area (Å²) in [6.07, 6.45) is 6.05. The van der Waals surface area contributed by atoms with Crippen LogP contribution in [0.25, 0.3) is 10.6 Å². The fourth-order valence-corrected chi connectivity index (χ4v) is 5.27. The van der Waals surface area contributed by atoms with Gasteiger partial charge in [0, 0.05) is 43.4 Å². The summed E-state index contributed by atoms with van der Waals surface area (Å²) >= 11 is 7.50. The van der Waals surface area contributed by atoms with E-state index in [1.807, 2.05) is 24.4 Å². The van der Waals surface area contributed by atoms with Gasteiger partial charge in [-0.2, -0.15) is 0 Å². The molecule has 9 heteroatoms. The van der Waals surface area contributed by atoms with Gasteiger partial charge in [-0.3, -0.25) is 4.79 Å². The van der Waals surface area contributed by atoms with Crippen LogP contribution in [0.15, 0.2) is 28.9 Å². The van der Waals surface area contributed by atoms with E-state index in [1.165, 1.54) is 11.3 Å². The topological polar surface area (TPSA) is 76.2 Å². The smallest absolute Gasteiger partial charge is 0.271 e. The number of rotatable bonds is 7. The summed E-state index contributed by atoms with van der Waals surface area (Å²) in [6.45, 7) is 7.01. The summed E-state index contributed by atoms with van der Waals surface area (Å²) in [5.74, 6) is 2.01. The minimum Gasteiger partial charge on any atom is -0.355 e.